The Labute approximate surface area is 134 Å². The maximum absolute atomic E-state index is 10.8. The van der Waals surface area contributed by atoms with Gasteiger partial charge >= 0.3 is 0 Å². The van der Waals surface area contributed by atoms with Crippen molar-refractivity contribution in [3.63, 3.8) is 0 Å². The summed E-state index contributed by atoms with van der Waals surface area (Å²) in [5, 5.41) is 15.3. The van der Waals surface area contributed by atoms with E-state index >= 15 is 0 Å². The smallest absolute Gasteiger partial charge is 0.0987 e. The SMILES string of the molecule is CCOC1(C(O)Cc2c(Br)c(CC)nn2C)CCOCC1. The van der Waals surface area contributed by atoms with Crippen molar-refractivity contribution in [3.8, 4) is 0 Å². The summed E-state index contributed by atoms with van der Waals surface area (Å²) < 4.78 is 14.2. The molecule has 1 aliphatic rings. The molecule has 21 heavy (non-hydrogen) atoms. The van der Waals surface area contributed by atoms with Gasteiger partial charge in [0.2, 0.25) is 0 Å². The van der Waals surface area contributed by atoms with E-state index in [1.165, 1.54) is 0 Å². The molecule has 1 aliphatic heterocycles. The minimum Gasteiger partial charge on any atom is -0.390 e. The highest BCUT2D eigenvalue weighted by Gasteiger charge is 2.41. The van der Waals surface area contributed by atoms with E-state index in [1.807, 2.05) is 18.7 Å². The zero-order valence-corrected chi connectivity index (χ0v) is 14.6. The molecule has 120 valence electrons. The van der Waals surface area contributed by atoms with Crippen molar-refractivity contribution < 1.29 is 14.6 Å². The lowest BCUT2D eigenvalue weighted by molar-refractivity contribution is -0.165. The van der Waals surface area contributed by atoms with Crippen LogP contribution in [-0.2, 0) is 29.4 Å². The van der Waals surface area contributed by atoms with Crippen molar-refractivity contribution >= 4 is 15.9 Å². The van der Waals surface area contributed by atoms with Crippen LogP contribution in [0.25, 0.3) is 0 Å². The quantitative estimate of drug-likeness (QED) is 0.844. The zero-order valence-electron chi connectivity index (χ0n) is 13.1. The van der Waals surface area contributed by atoms with Crippen LogP contribution in [0.1, 0.15) is 38.1 Å². The summed E-state index contributed by atoms with van der Waals surface area (Å²) in [6, 6.07) is 0. The third kappa shape index (κ3) is 3.50. The summed E-state index contributed by atoms with van der Waals surface area (Å²) in [4.78, 5) is 0. The number of hydrogen-bond donors (Lipinski definition) is 1. The van der Waals surface area contributed by atoms with Gasteiger partial charge in [0.05, 0.1) is 27.6 Å². The molecule has 1 unspecified atom stereocenters. The lowest BCUT2D eigenvalue weighted by Gasteiger charge is -2.40. The first-order valence-electron chi connectivity index (χ1n) is 7.64. The summed E-state index contributed by atoms with van der Waals surface area (Å²) in [5.41, 5.74) is 1.55. The van der Waals surface area contributed by atoms with E-state index in [4.69, 9.17) is 9.47 Å². The Morgan fingerprint density at radius 3 is 2.62 bits per heavy atom. The van der Waals surface area contributed by atoms with Gasteiger partial charge in [-0.3, -0.25) is 4.68 Å². The molecule has 6 heteroatoms. The molecule has 1 atom stereocenters. The first-order chi connectivity index (χ1) is 10.0. The Morgan fingerprint density at radius 1 is 1.43 bits per heavy atom. The van der Waals surface area contributed by atoms with Crippen LogP contribution < -0.4 is 0 Å². The van der Waals surface area contributed by atoms with E-state index in [9.17, 15) is 5.11 Å². The molecule has 5 nitrogen and oxygen atoms in total. The van der Waals surface area contributed by atoms with Crippen molar-refractivity contribution in [2.45, 2.75) is 51.2 Å². The number of aliphatic hydroxyl groups is 1. The molecule has 0 radical (unpaired) electrons. The summed E-state index contributed by atoms with van der Waals surface area (Å²) >= 11 is 3.61. The highest BCUT2D eigenvalue weighted by atomic mass is 79.9. The maximum atomic E-state index is 10.8. The van der Waals surface area contributed by atoms with Gasteiger partial charge in [0.25, 0.3) is 0 Å². The first kappa shape index (κ1) is 16.9. The first-order valence-corrected chi connectivity index (χ1v) is 8.43. The second-order valence-electron chi connectivity index (χ2n) is 5.51. The minimum absolute atomic E-state index is 0.497. The van der Waals surface area contributed by atoms with Crippen LogP contribution in [0.2, 0.25) is 0 Å². The number of halogens is 1. The van der Waals surface area contributed by atoms with Gasteiger partial charge in [0, 0.05) is 46.1 Å². The van der Waals surface area contributed by atoms with Crippen molar-refractivity contribution in [2.24, 2.45) is 7.05 Å². The minimum atomic E-state index is -0.558. The number of aryl methyl sites for hydroxylation is 2. The maximum Gasteiger partial charge on any atom is 0.0987 e. The van der Waals surface area contributed by atoms with Gasteiger partial charge in [0.1, 0.15) is 0 Å². The van der Waals surface area contributed by atoms with Crippen LogP contribution in [0.15, 0.2) is 4.47 Å². The van der Waals surface area contributed by atoms with E-state index in [0.717, 1.165) is 35.1 Å². The highest BCUT2D eigenvalue weighted by Crippen LogP contribution is 2.32. The Balaban J connectivity index is 2.18. The number of nitrogens with zero attached hydrogens (tertiary/aromatic N) is 2. The largest absolute Gasteiger partial charge is 0.390 e. The fourth-order valence-corrected chi connectivity index (χ4v) is 3.77. The number of aliphatic hydroxyl groups excluding tert-OH is 1. The average Bonchev–Trinajstić information content (AvgIpc) is 2.76. The third-order valence-electron chi connectivity index (χ3n) is 4.27. The fourth-order valence-electron chi connectivity index (χ4n) is 2.99. The number of hydrogen-bond acceptors (Lipinski definition) is 4. The topological polar surface area (TPSA) is 56.5 Å². The van der Waals surface area contributed by atoms with Crippen molar-refractivity contribution in [1.82, 2.24) is 9.78 Å². The molecule has 2 rings (SSSR count). The van der Waals surface area contributed by atoms with Crippen LogP contribution in [0, 0.1) is 0 Å². The Bertz CT molecular complexity index is 464. The predicted molar refractivity (Wildman–Crippen MR) is 84.4 cm³/mol. The van der Waals surface area contributed by atoms with Gasteiger partial charge in [-0.05, 0) is 29.3 Å². The average molecular weight is 361 g/mol. The van der Waals surface area contributed by atoms with E-state index in [1.54, 1.807) is 0 Å². The molecule has 1 N–H and O–H groups in total. The summed E-state index contributed by atoms with van der Waals surface area (Å²) in [5.74, 6) is 0. The van der Waals surface area contributed by atoms with E-state index in [-0.39, 0.29) is 0 Å². The monoisotopic (exact) mass is 360 g/mol. The summed E-state index contributed by atoms with van der Waals surface area (Å²) in [7, 11) is 1.92. The van der Waals surface area contributed by atoms with Gasteiger partial charge < -0.3 is 14.6 Å². The van der Waals surface area contributed by atoms with Crippen LogP contribution in [0.3, 0.4) is 0 Å². The fraction of sp³-hybridized carbons (Fsp3) is 0.800. The van der Waals surface area contributed by atoms with Gasteiger partial charge in [-0.15, -0.1) is 0 Å². The van der Waals surface area contributed by atoms with E-state index in [0.29, 0.717) is 26.2 Å². The molecule has 0 aliphatic carbocycles. The Kier molecular flexibility index (Phi) is 5.82. The molecular formula is C15H25BrN2O3. The highest BCUT2D eigenvalue weighted by molar-refractivity contribution is 9.10. The second kappa shape index (κ2) is 7.22. The lowest BCUT2D eigenvalue weighted by atomic mass is 9.85. The lowest BCUT2D eigenvalue weighted by Crippen LogP contribution is -2.50. The standard InChI is InChI=1S/C15H25BrN2O3/c1-4-11-14(16)12(18(3)17-11)10-13(19)15(21-5-2)6-8-20-9-7-15/h13,19H,4-10H2,1-3H3. The number of aromatic nitrogens is 2. The molecule has 1 fully saturated rings. The molecule has 0 saturated carbocycles. The van der Waals surface area contributed by atoms with Gasteiger partial charge in [-0.1, -0.05) is 6.92 Å². The van der Waals surface area contributed by atoms with Gasteiger partial charge in [-0.2, -0.15) is 5.10 Å². The van der Waals surface area contributed by atoms with E-state index < -0.39 is 11.7 Å². The van der Waals surface area contributed by atoms with Crippen LogP contribution in [-0.4, -0.2) is 46.4 Å². The molecule has 2 heterocycles. The molecule has 1 aromatic rings. The predicted octanol–water partition coefficient (Wildman–Crippen LogP) is 2.23. The molecular weight excluding hydrogens is 336 g/mol. The molecule has 0 spiro atoms. The van der Waals surface area contributed by atoms with Crippen LogP contribution in [0.5, 0.6) is 0 Å². The van der Waals surface area contributed by atoms with Crippen LogP contribution in [0.4, 0.5) is 0 Å². The van der Waals surface area contributed by atoms with Crippen LogP contribution >= 0.6 is 15.9 Å². The van der Waals surface area contributed by atoms with Gasteiger partial charge in [0.15, 0.2) is 0 Å². The molecule has 1 aromatic heterocycles. The molecule has 1 saturated heterocycles. The van der Waals surface area contributed by atoms with Crippen molar-refractivity contribution in [3.05, 3.63) is 15.9 Å². The van der Waals surface area contributed by atoms with E-state index in [2.05, 4.69) is 28.0 Å². The van der Waals surface area contributed by atoms with Crippen molar-refractivity contribution in [2.75, 3.05) is 19.8 Å². The van der Waals surface area contributed by atoms with Crippen molar-refractivity contribution in [1.29, 1.82) is 0 Å². The Hall–Kier alpha value is -0.430. The van der Waals surface area contributed by atoms with Gasteiger partial charge in [-0.25, -0.2) is 0 Å². The molecule has 0 amide bonds. The summed E-state index contributed by atoms with van der Waals surface area (Å²) in [6.07, 6.45) is 2.31. The molecule has 0 aromatic carbocycles. The second-order valence-corrected chi connectivity index (χ2v) is 6.31. The summed E-state index contributed by atoms with van der Waals surface area (Å²) in [6.45, 7) is 5.93. The third-order valence-corrected chi connectivity index (χ3v) is 5.18. The number of rotatable bonds is 6. The number of ether oxygens (including phenoxy) is 2. The zero-order chi connectivity index (χ0) is 15.5. The normalized spacial score (nSPS) is 19.7. The molecule has 0 bridgehead atoms. The Morgan fingerprint density at radius 2 is 2.10 bits per heavy atom.